The predicted molar refractivity (Wildman–Crippen MR) is 113 cm³/mol. The Labute approximate surface area is 175 Å². The molecule has 154 valence electrons. The first-order valence-corrected chi connectivity index (χ1v) is 11.1. The Bertz CT molecular complexity index is 1040. The average molecular weight is 436 g/mol. The van der Waals surface area contributed by atoms with Gasteiger partial charge in [-0.2, -0.15) is 0 Å². The first-order valence-electron chi connectivity index (χ1n) is 9.21. The molecule has 0 saturated carbocycles. The number of amides is 2. The molecule has 0 bridgehead atoms. The number of rotatable bonds is 7. The topological polar surface area (TPSA) is 95.6 Å². The van der Waals surface area contributed by atoms with E-state index in [0.717, 1.165) is 6.42 Å². The van der Waals surface area contributed by atoms with Crippen LogP contribution in [0.1, 0.15) is 24.8 Å². The highest BCUT2D eigenvalue weighted by atomic mass is 35.5. The highest BCUT2D eigenvalue weighted by Gasteiger charge is 2.21. The standard InChI is InChI=1S/C20H22ClN3O4S/c1-14-7-8-16(22-19(25)9-11-24-10-3-6-20(24)26)13-18(14)29(27,28)23-17-5-2-4-15(21)12-17/h2,4-5,7-8,12-13,23H,3,6,9-11H2,1H3,(H,22,25). The van der Waals surface area contributed by atoms with Crippen LogP contribution >= 0.6 is 11.6 Å². The largest absolute Gasteiger partial charge is 0.342 e. The zero-order valence-electron chi connectivity index (χ0n) is 15.9. The fourth-order valence-corrected chi connectivity index (χ4v) is 4.64. The summed E-state index contributed by atoms with van der Waals surface area (Å²) >= 11 is 5.91. The number of nitrogens with zero attached hydrogens (tertiary/aromatic N) is 1. The number of hydrogen-bond donors (Lipinski definition) is 2. The molecule has 29 heavy (non-hydrogen) atoms. The van der Waals surface area contributed by atoms with E-state index in [1.165, 1.54) is 12.1 Å². The van der Waals surface area contributed by atoms with E-state index in [-0.39, 0.29) is 23.1 Å². The van der Waals surface area contributed by atoms with Gasteiger partial charge in [-0.25, -0.2) is 8.42 Å². The summed E-state index contributed by atoms with van der Waals surface area (Å²) in [6.45, 7) is 2.71. The highest BCUT2D eigenvalue weighted by Crippen LogP contribution is 2.24. The number of hydrogen-bond acceptors (Lipinski definition) is 4. The highest BCUT2D eigenvalue weighted by molar-refractivity contribution is 7.92. The van der Waals surface area contributed by atoms with E-state index < -0.39 is 10.0 Å². The second kappa shape index (κ2) is 8.84. The van der Waals surface area contributed by atoms with Crippen LogP contribution in [0, 0.1) is 6.92 Å². The number of aryl methyl sites for hydroxylation is 1. The molecule has 9 heteroatoms. The Morgan fingerprint density at radius 1 is 1.17 bits per heavy atom. The molecule has 1 saturated heterocycles. The van der Waals surface area contributed by atoms with Gasteiger partial charge in [0.2, 0.25) is 11.8 Å². The molecule has 0 radical (unpaired) electrons. The van der Waals surface area contributed by atoms with Crippen LogP contribution in [0.15, 0.2) is 47.4 Å². The van der Waals surface area contributed by atoms with Crippen LogP contribution in [0.2, 0.25) is 5.02 Å². The van der Waals surface area contributed by atoms with Gasteiger partial charge in [-0.1, -0.05) is 23.7 Å². The summed E-state index contributed by atoms with van der Waals surface area (Å²) in [4.78, 5) is 25.6. The van der Waals surface area contributed by atoms with Gasteiger partial charge >= 0.3 is 0 Å². The minimum Gasteiger partial charge on any atom is -0.342 e. The van der Waals surface area contributed by atoms with Crippen molar-refractivity contribution in [2.24, 2.45) is 0 Å². The van der Waals surface area contributed by atoms with Crippen molar-refractivity contribution in [3.8, 4) is 0 Å². The van der Waals surface area contributed by atoms with Crippen LogP contribution in [-0.4, -0.2) is 38.2 Å². The summed E-state index contributed by atoms with van der Waals surface area (Å²) in [5, 5.41) is 3.12. The van der Waals surface area contributed by atoms with E-state index in [1.807, 2.05) is 0 Å². The number of likely N-dealkylation sites (tertiary alicyclic amines) is 1. The zero-order chi connectivity index (χ0) is 21.0. The number of benzene rings is 2. The van der Waals surface area contributed by atoms with E-state index in [4.69, 9.17) is 11.6 Å². The Hall–Kier alpha value is -2.58. The van der Waals surface area contributed by atoms with E-state index in [9.17, 15) is 18.0 Å². The molecular formula is C20H22ClN3O4S. The second-order valence-corrected chi connectivity index (χ2v) is 8.97. The Balaban J connectivity index is 1.70. The molecule has 2 aromatic carbocycles. The Morgan fingerprint density at radius 3 is 2.66 bits per heavy atom. The molecule has 2 aromatic rings. The quantitative estimate of drug-likeness (QED) is 0.696. The minimum absolute atomic E-state index is 0.0602. The monoisotopic (exact) mass is 435 g/mol. The van der Waals surface area contributed by atoms with Crippen molar-refractivity contribution in [1.82, 2.24) is 4.90 Å². The van der Waals surface area contributed by atoms with Gasteiger partial charge in [0.25, 0.3) is 10.0 Å². The maximum Gasteiger partial charge on any atom is 0.262 e. The van der Waals surface area contributed by atoms with Gasteiger partial charge in [0.1, 0.15) is 0 Å². The SMILES string of the molecule is Cc1ccc(NC(=O)CCN2CCCC2=O)cc1S(=O)(=O)Nc1cccc(Cl)c1. The van der Waals surface area contributed by atoms with E-state index in [1.54, 1.807) is 42.2 Å². The van der Waals surface area contributed by atoms with Gasteiger partial charge in [0.15, 0.2) is 0 Å². The molecule has 1 aliphatic heterocycles. The van der Waals surface area contributed by atoms with E-state index >= 15 is 0 Å². The van der Waals surface area contributed by atoms with Crippen molar-refractivity contribution >= 4 is 44.8 Å². The van der Waals surface area contributed by atoms with Crippen molar-refractivity contribution in [1.29, 1.82) is 0 Å². The summed E-state index contributed by atoms with van der Waals surface area (Å²) in [6.07, 6.45) is 1.50. The maximum atomic E-state index is 12.8. The number of carbonyl (C=O) groups is 2. The average Bonchev–Trinajstić information content (AvgIpc) is 3.06. The molecule has 2 amide bonds. The third kappa shape index (κ3) is 5.48. The van der Waals surface area contributed by atoms with Crippen molar-refractivity contribution in [3.63, 3.8) is 0 Å². The molecule has 0 atom stereocenters. The second-order valence-electron chi connectivity index (χ2n) is 6.88. The van der Waals surface area contributed by atoms with Crippen LogP contribution in [0.5, 0.6) is 0 Å². The van der Waals surface area contributed by atoms with Gasteiger partial charge in [0, 0.05) is 36.6 Å². The summed E-state index contributed by atoms with van der Waals surface area (Å²) in [5.41, 5.74) is 1.27. The molecule has 0 aliphatic carbocycles. The molecule has 0 unspecified atom stereocenters. The molecule has 7 nitrogen and oxygen atoms in total. The summed E-state index contributed by atoms with van der Waals surface area (Å²) in [7, 11) is -3.86. The van der Waals surface area contributed by atoms with Crippen molar-refractivity contribution < 1.29 is 18.0 Å². The smallest absolute Gasteiger partial charge is 0.262 e. The zero-order valence-corrected chi connectivity index (χ0v) is 17.5. The molecule has 0 spiro atoms. The fraction of sp³-hybridized carbons (Fsp3) is 0.300. The molecule has 1 heterocycles. The van der Waals surface area contributed by atoms with Crippen LogP contribution in [-0.2, 0) is 19.6 Å². The van der Waals surface area contributed by atoms with Crippen LogP contribution in [0.4, 0.5) is 11.4 Å². The molecule has 0 aromatic heterocycles. The lowest BCUT2D eigenvalue weighted by molar-refractivity contribution is -0.128. The van der Waals surface area contributed by atoms with Crippen LogP contribution in [0.3, 0.4) is 0 Å². The van der Waals surface area contributed by atoms with Crippen LogP contribution in [0.25, 0.3) is 0 Å². The normalized spacial score (nSPS) is 14.1. The predicted octanol–water partition coefficient (Wildman–Crippen LogP) is 3.40. The molecular weight excluding hydrogens is 414 g/mol. The fourth-order valence-electron chi connectivity index (χ4n) is 3.13. The third-order valence-electron chi connectivity index (χ3n) is 4.62. The van der Waals surface area contributed by atoms with Gasteiger partial charge in [-0.05, 0) is 49.2 Å². The number of carbonyl (C=O) groups excluding carboxylic acids is 2. The summed E-state index contributed by atoms with van der Waals surface area (Å²) in [5.74, 6) is -0.215. The van der Waals surface area contributed by atoms with E-state index in [0.29, 0.717) is 41.5 Å². The van der Waals surface area contributed by atoms with Crippen molar-refractivity contribution in [3.05, 3.63) is 53.1 Å². The molecule has 3 rings (SSSR count). The van der Waals surface area contributed by atoms with Gasteiger partial charge in [-0.3, -0.25) is 14.3 Å². The molecule has 1 fully saturated rings. The first kappa shape index (κ1) is 21.1. The third-order valence-corrected chi connectivity index (χ3v) is 6.38. The van der Waals surface area contributed by atoms with Gasteiger partial charge in [-0.15, -0.1) is 0 Å². The Kier molecular flexibility index (Phi) is 6.44. The van der Waals surface area contributed by atoms with Gasteiger partial charge < -0.3 is 10.2 Å². The number of anilines is 2. The summed E-state index contributed by atoms with van der Waals surface area (Å²) in [6, 6.07) is 11.1. The maximum absolute atomic E-state index is 12.8. The van der Waals surface area contributed by atoms with Crippen molar-refractivity contribution in [2.75, 3.05) is 23.1 Å². The minimum atomic E-state index is -3.86. The lowest BCUT2D eigenvalue weighted by atomic mass is 10.2. The molecule has 2 N–H and O–H groups in total. The lowest BCUT2D eigenvalue weighted by Crippen LogP contribution is -2.28. The molecule has 1 aliphatic rings. The van der Waals surface area contributed by atoms with E-state index in [2.05, 4.69) is 10.0 Å². The van der Waals surface area contributed by atoms with Crippen LogP contribution < -0.4 is 10.0 Å². The lowest BCUT2D eigenvalue weighted by Gasteiger charge is -2.15. The number of nitrogens with one attached hydrogen (secondary N) is 2. The number of sulfonamides is 1. The first-order chi connectivity index (χ1) is 13.7. The summed E-state index contributed by atoms with van der Waals surface area (Å²) < 4.78 is 28.1. The number of halogens is 1. The Morgan fingerprint density at radius 2 is 1.97 bits per heavy atom. The van der Waals surface area contributed by atoms with Gasteiger partial charge in [0.05, 0.1) is 10.6 Å². The van der Waals surface area contributed by atoms with Crippen molar-refractivity contribution in [2.45, 2.75) is 31.1 Å².